The number of nitrogens with zero attached hydrogens (tertiary/aromatic N) is 1. The van der Waals surface area contributed by atoms with Gasteiger partial charge in [0.25, 0.3) is 5.91 Å². The van der Waals surface area contributed by atoms with Crippen LogP contribution < -0.4 is 10.0 Å². The van der Waals surface area contributed by atoms with Crippen LogP contribution in [0.15, 0.2) is 41.8 Å². The Kier molecular flexibility index (Phi) is 6.98. The van der Waals surface area contributed by atoms with Crippen LogP contribution in [0.5, 0.6) is 0 Å². The molecule has 28 heavy (non-hydrogen) atoms. The van der Waals surface area contributed by atoms with E-state index in [0.717, 1.165) is 30.7 Å². The maximum atomic E-state index is 12.2. The van der Waals surface area contributed by atoms with Crippen molar-refractivity contribution in [2.75, 3.05) is 13.1 Å². The lowest BCUT2D eigenvalue weighted by Crippen LogP contribution is -2.25. The van der Waals surface area contributed by atoms with Crippen LogP contribution in [0.25, 0.3) is 0 Å². The lowest BCUT2D eigenvalue weighted by Gasteiger charge is -2.07. The normalized spacial score (nSPS) is 13.7. The fraction of sp³-hybridized carbons (Fsp3) is 0.400. The van der Waals surface area contributed by atoms with E-state index in [9.17, 15) is 13.2 Å². The Morgan fingerprint density at radius 1 is 1.21 bits per heavy atom. The van der Waals surface area contributed by atoms with Crippen molar-refractivity contribution in [1.29, 1.82) is 0 Å². The Labute approximate surface area is 170 Å². The predicted molar refractivity (Wildman–Crippen MR) is 111 cm³/mol. The fourth-order valence-electron chi connectivity index (χ4n) is 3.09. The second-order valence-corrected chi connectivity index (χ2v) is 9.64. The molecule has 1 amide bonds. The average molecular weight is 420 g/mol. The second kappa shape index (κ2) is 9.45. The lowest BCUT2D eigenvalue weighted by molar-refractivity contribution is 0.0953. The second-order valence-electron chi connectivity index (χ2n) is 6.71. The Morgan fingerprint density at radius 3 is 2.68 bits per heavy atom. The van der Waals surface area contributed by atoms with Gasteiger partial charge in [-0.2, -0.15) is 0 Å². The molecule has 150 valence electrons. The molecule has 1 aliphatic carbocycles. The highest BCUT2D eigenvalue weighted by Gasteiger charge is 2.15. The molecule has 1 aromatic heterocycles. The third-order valence-corrected chi connectivity index (χ3v) is 7.24. The van der Waals surface area contributed by atoms with Crippen molar-refractivity contribution in [1.82, 2.24) is 15.0 Å². The molecule has 0 unspecified atom stereocenters. The van der Waals surface area contributed by atoms with Crippen LogP contribution in [0, 0.1) is 0 Å². The number of aryl methyl sites for hydroxylation is 3. The quantitative estimate of drug-likeness (QED) is 0.483. The van der Waals surface area contributed by atoms with Gasteiger partial charge < -0.3 is 5.32 Å². The van der Waals surface area contributed by atoms with Crippen molar-refractivity contribution in [3.8, 4) is 0 Å². The topological polar surface area (TPSA) is 88.2 Å². The third kappa shape index (κ3) is 5.27. The molecular formula is C20H25N3O3S2. The van der Waals surface area contributed by atoms with E-state index in [1.165, 1.54) is 53.8 Å². The van der Waals surface area contributed by atoms with Gasteiger partial charge in [-0.3, -0.25) is 4.79 Å². The summed E-state index contributed by atoms with van der Waals surface area (Å²) >= 11 is 1.81. The minimum Gasteiger partial charge on any atom is -0.352 e. The summed E-state index contributed by atoms with van der Waals surface area (Å²) < 4.78 is 26.5. The van der Waals surface area contributed by atoms with Crippen LogP contribution >= 0.6 is 11.3 Å². The third-order valence-electron chi connectivity index (χ3n) is 4.59. The molecule has 1 heterocycles. The highest BCUT2D eigenvalue weighted by Crippen LogP contribution is 2.27. The van der Waals surface area contributed by atoms with Crippen molar-refractivity contribution in [3.05, 3.63) is 58.1 Å². The molecule has 3 rings (SSSR count). The van der Waals surface area contributed by atoms with Gasteiger partial charge in [-0.25, -0.2) is 18.1 Å². The Bertz CT molecular complexity index is 911. The maximum absolute atomic E-state index is 12.2. The molecule has 0 atom stereocenters. The SMILES string of the molecule is C=CCNS(=O)(=O)c1ccc(C(=O)NCCCc2nc3c(s2)CCCC3)cc1. The van der Waals surface area contributed by atoms with Crippen LogP contribution in [0.4, 0.5) is 0 Å². The monoisotopic (exact) mass is 419 g/mol. The standard InChI is InChI=1S/C20H25N3O3S2/c1-2-13-22-28(25,26)16-11-9-15(10-12-16)20(24)21-14-5-8-19-23-17-6-3-4-7-18(17)27-19/h2,9-12,22H,1,3-8,13-14H2,(H,21,24). The number of rotatable bonds is 9. The Morgan fingerprint density at radius 2 is 1.96 bits per heavy atom. The van der Waals surface area contributed by atoms with E-state index in [-0.39, 0.29) is 17.3 Å². The van der Waals surface area contributed by atoms with E-state index in [4.69, 9.17) is 4.98 Å². The minimum atomic E-state index is -3.58. The minimum absolute atomic E-state index is 0.124. The molecular weight excluding hydrogens is 394 g/mol. The van der Waals surface area contributed by atoms with E-state index in [0.29, 0.717) is 12.1 Å². The molecule has 2 aromatic rings. The zero-order valence-electron chi connectivity index (χ0n) is 15.7. The molecule has 0 saturated carbocycles. The molecule has 1 aliphatic rings. The van der Waals surface area contributed by atoms with E-state index >= 15 is 0 Å². The van der Waals surface area contributed by atoms with E-state index in [1.54, 1.807) is 0 Å². The molecule has 1 aromatic carbocycles. The number of thiazole rings is 1. The number of amides is 1. The molecule has 0 bridgehead atoms. The highest BCUT2D eigenvalue weighted by molar-refractivity contribution is 7.89. The first-order chi connectivity index (χ1) is 13.5. The zero-order chi connectivity index (χ0) is 20.0. The number of sulfonamides is 1. The predicted octanol–water partition coefficient (Wildman–Crippen LogP) is 2.85. The van der Waals surface area contributed by atoms with Crippen molar-refractivity contribution in [2.45, 2.75) is 43.4 Å². The van der Waals surface area contributed by atoms with Crippen molar-refractivity contribution < 1.29 is 13.2 Å². The molecule has 0 radical (unpaired) electrons. The van der Waals surface area contributed by atoms with Gasteiger partial charge in [0.1, 0.15) is 0 Å². The summed E-state index contributed by atoms with van der Waals surface area (Å²) in [5.74, 6) is -0.207. The van der Waals surface area contributed by atoms with E-state index in [2.05, 4.69) is 16.6 Å². The zero-order valence-corrected chi connectivity index (χ0v) is 17.4. The van der Waals surface area contributed by atoms with E-state index in [1.807, 2.05) is 11.3 Å². The first-order valence-electron chi connectivity index (χ1n) is 9.46. The van der Waals surface area contributed by atoms with Gasteiger partial charge in [-0.15, -0.1) is 17.9 Å². The summed E-state index contributed by atoms with van der Waals surface area (Å²) in [4.78, 5) is 18.5. The Balaban J connectivity index is 1.47. The highest BCUT2D eigenvalue weighted by atomic mass is 32.2. The fourth-order valence-corrected chi connectivity index (χ4v) is 5.29. The van der Waals surface area contributed by atoms with Gasteiger partial charge in [0.05, 0.1) is 15.6 Å². The van der Waals surface area contributed by atoms with Crippen LogP contribution in [0.3, 0.4) is 0 Å². The summed E-state index contributed by atoms with van der Waals surface area (Å²) in [5, 5.41) is 4.04. The van der Waals surface area contributed by atoms with Gasteiger partial charge in [0.15, 0.2) is 0 Å². The van der Waals surface area contributed by atoms with Gasteiger partial charge >= 0.3 is 0 Å². The van der Waals surface area contributed by atoms with Gasteiger partial charge in [0.2, 0.25) is 10.0 Å². The summed E-state index contributed by atoms with van der Waals surface area (Å²) in [6, 6.07) is 5.90. The maximum Gasteiger partial charge on any atom is 0.251 e. The number of nitrogens with one attached hydrogen (secondary N) is 2. The number of hydrogen-bond acceptors (Lipinski definition) is 5. The van der Waals surface area contributed by atoms with Crippen molar-refractivity contribution in [2.24, 2.45) is 0 Å². The van der Waals surface area contributed by atoms with Gasteiger partial charge in [-0.1, -0.05) is 6.08 Å². The molecule has 0 saturated heterocycles. The number of carbonyl (C=O) groups excluding carboxylic acids is 1. The van der Waals surface area contributed by atoms with Crippen LogP contribution in [-0.2, 0) is 29.3 Å². The average Bonchev–Trinajstić information content (AvgIpc) is 3.12. The number of fused-ring (bicyclic) bond motifs is 1. The van der Waals surface area contributed by atoms with Crippen molar-refractivity contribution >= 4 is 27.3 Å². The summed E-state index contributed by atoms with van der Waals surface area (Å²) in [6.45, 7) is 4.20. The van der Waals surface area contributed by atoms with Gasteiger partial charge in [-0.05, 0) is 56.4 Å². The largest absolute Gasteiger partial charge is 0.352 e. The molecule has 6 nitrogen and oxygen atoms in total. The number of hydrogen-bond donors (Lipinski definition) is 2. The first kappa shape index (κ1) is 20.7. The van der Waals surface area contributed by atoms with Crippen molar-refractivity contribution in [3.63, 3.8) is 0 Å². The summed E-state index contributed by atoms with van der Waals surface area (Å²) in [5.41, 5.74) is 1.71. The van der Waals surface area contributed by atoms with E-state index < -0.39 is 10.0 Å². The van der Waals surface area contributed by atoms with Crippen LogP contribution in [-0.4, -0.2) is 32.4 Å². The van der Waals surface area contributed by atoms with Crippen LogP contribution in [0.2, 0.25) is 0 Å². The first-order valence-corrected chi connectivity index (χ1v) is 11.8. The summed E-state index contributed by atoms with van der Waals surface area (Å²) in [7, 11) is -3.58. The number of benzene rings is 1. The number of aromatic nitrogens is 1. The molecule has 0 aliphatic heterocycles. The number of carbonyl (C=O) groups is 1. The smallest absolute Gasteiger partial charge is 0.251 e. The van der Waals surface area contributed by atoms with Crippen LogP contribution in [0.1, 0.15) is 45.2 Å². The van der Waals surface area contributed by atoms with Gasteiger partial charge in [0, 0.05) is 30.0 Å². The Hall–Kier alpha value is -2.03. The molecule has 8 heteroatoms. The summed E-state index contributed by atoms with van der Waals surface area (Å²) in [6.07, 6.45) is 7.90. The molecule has 0 spiro atoms. The molecule has 0 fully saturated rings. The molecule has 2 N–H and O–H groups in total. The lowest BCUT2D eigenvalue weighted by atomic mass is 10.0.